The Labute approximate surface area is 151 Å². The predicted octanol–water partition coefficient (Wildman–Crippen LogP) is 4.84. The van der Waals surface area contributed by atoms with E-state index in [1.165, 1.54) is 69.8 Å². The van der Waals surface area contributed by atoms with E-state index in [0.717, 1.165) is 12.1 Å². The zero-order chi connectivity index (χ0) is 17.3. The van der Waals surface area contributed by atoms with E-state index in [2.05, 4.69) is 21.7 Å². The minimum atomic E-state index is -0.0718. The molecule has 2 aliphatic carbocycles. The fraction of sp³-hybridized carbons (Fsp3) is 0.619. The molecule has 3 rings (SSSR count). The maximum absolute atomic E-state index is 12.2. The van der Waals surface area contributed by atoms with Crippen molar-refractivity contribution in [2.75, 3.05) is 11.9 Å². The van der Waals surface area contributed by atoms with Crippen LogP contribution in [0.15, 0.2) is 30.0 Å². The maximum atomic E-state index is 12.2. The average Bonchev–Trinajstić information content (AvgIpc) is 2.92. The van der Waals surface area contributed by atoms with Crippen molar-refractivity contribution in [1.82, 2.24) is 10.3 Å². The lowest BCUT2D eigenvalue weighted by molar-refractivity contribution is 0.0949. The molecule has 136 valence electrons. The molecule has 1 saturated carbocycles. The van der Waals surface area contributed by atoms with E-state index in [4.69, 9.17) is 0 Å². The molecule has 1 fully saturated rings. The second kappa shape index (κ2) is 9.59. The Kier molecular flexibility index (Phi) is 6.89. The van der Waals surface area contributed by atoms with Gasteiger partial charge in [0.15, 0.2) is 0 Å². The van der Waals surface area contributed by atoms with Crippen LogP contribution in [-0.4, -0.2) is 23.5 Å². The Hall–Kier alpha value is -1.84. The van der Waals surface area contributed by atoms with E-state index in [1.807, 2.05) is 12.1 Å². The average molecular weight is 341 g/mol. The second-order valence-electron chi connectivity index (χ2n) is 7.38. The predicted molar refractivity (Wildman–Crippen MR) is 103 cm³/mol. The molecule has 1 heterocycles. The molecule has 1 aromatic rings. The molecule has 1 aromatic heterocycles. The zero-order valence-electron chi connectivity index (χ0n) is 15.2. The van der Waals surface area contributed by atoms with Gasteiger partial charge in [-0.05, 0) is 57.1 Å². The molecule has 1 amide bonds. The molecule has 0 radical (unpaired) electrons. The number of carbonyl (C=O) groups excluding carboxylic acids is 1. The first-order valence-corrected chi connectivity index (χ1v) is 10.00. The van der Waals surface area contributed by atoms with Gasteiger partial charge in [-0.25, -0.2) is 4.98 Å². The first kappa shape index (κ1) is 18.0. The van der Waals surface area contributed by atoms with Gasteiger partial charge in [-0.3, -0.25) is 4.79 Å². The van der Waals surface area contributed by atoms with Gasteiger partial charge in [0.25, 0.3) is 5.91 Å². The third kappa shape index (κ3) is 5.87. The first-order valence-electron chi connectivity index (χ1n) is 10.00. The van der Waals surface area contributed by atoms with Crippen LogP contribution in [0.25, 0.3) is 0 Å². The number of nitrogens with zero attached hydrogens (tertiary/aromatic N) is 1. The summed E-state index contributed by atoms with van der Waals surface area (Å²) in [4.78, 5) is 16.6. The highest BCUT2D eigenvalue weighted by Crippen LogP contribution is 2.21. The number of rotatable bonds is 6. The minimum Gasteiger partial charge on any atom is -0.381 e. The van der Waals surface area contributed by atoms with Crippen LogP contribution in [0.3, 0.4) is 0 Å². The number of nitrogens with one attached hydrogen (secondary N) is 2. The van der Waals surface area contributed by atoms with Crippen LogP contribution in [-0.2, 0) is 0 Å². The summed E-state index contributed by atoms with van der Waals surface area (Å²) in [5.41, 5.74) is 3.02. The second-order valence-corrected chi connectivity index (χ2v) is 7.38. The molecule has 4 heteroatoms. The molecule has 0 atom stereocenters. The van der Waals surface area contributed by atoms with E-state index in [-0.39, 0.29) is 5.91 Å². The summed E-state index contributed by atoms with van der Waals surface area (Å²) in [7, 11) is 0. The van der Waals surface area contributed by atoms with Crippen LogP contribution in [0.5, 0.6) is 0 Å². The fourth-order valence-corrected chi connectivity index (χ4v) is 3.83. The quantitative estimate of drug-likeness (QED) is 0.575. The highest BCUT2D eigenvalue weighted by atomic mass is 16.1. The first-order chi connectivity index (χ1) is 12.3. The topological polar surface area (TPSA) is 54.0 Å². The van der Waals surface area contributed by atoms with Gasteiger partial charge in [0.2, 0.25) is 0 Å². The lowest BCUT2D eigenvalue weighted by Gasteiger charge is -2.17. The Bertz CT molecular complexity index is 571. The molecule has 0 bridgehead atoms. The molecular weight excluding hydrogens is 310 g/mol. The van der Waals surface area contributed by atoms with Crippen LogP contribution in [0.1, 0.15) is 81.1 Å². The van der Waals surface area contributed by atoms with Crippen LogP contribution in [0.4, 0.5) is 5.69 Å². The normalized spacial score (nSPS) is 19.0. The number of pyridine rings is 1. The number of allylic oxidation sites excluding steroid dienone is 1. The Balaban J connectivity index is 1.44. The van der Waals surface area contributed by atoms with E-state index in [0.29, 0.717) is 18.3 Å². The molecule has 25 heavy (non-hydrogen) atoms. The highest BCUT2D eigenvalue weighted by Gasteiger charge is 2.13. The van der Waals surface area contributed by atoms with Gasteiger partial charge < -0.3 is 10.6 Å². The van der Waals surface area contributed by atoms with Gasteiger partial charge in [-0.1, -0.05) is 37.3 Å². The van der Waals surface area contributed by atoms with Gasteiger partial charge in [-0.2, -0.15) is 0 Å². The van der Waals surface area contributed by atoms with Crippen molar-refractivity contribution in [1.29, 1.82) is 0 Å². The molecule has 0 unspecified atom stereocenters. The third-order valence-electron chi connectivity index (χ3n) is 5.34. The summed E-state index contributed by atoms with van der Waals surface area (Å²) in [6.45, 7) is 0.703. The third-order valence-corrected chi connectivity index (χ3v) is 5.34. The zero-order valence-corrected chi connectivity index (χ0v) is 15.2. The lowest BCUT2D eigenvalue weighted by atomic mass is 9.97. The summed E-state index contributed by atoms with van der Waals surface area (Å²) < 4.78 is 0. The van der Waals surface area contributed by atoms with Crippen LogP contribution in [0, 0.1) is 0 Å². The van der Waals surface area contributed by atoms with Crippen molar-refractivity contribution in [2.24, 2.45) is 0 Å². The SMILES string of the molecule is O=C(NCCC1=CCCCC1)c1ccc(NC2CCCCCC2)cn1. The standard InChI is InChI=1S/C21H31N3O/c25-21(22-15-14-17-8-4-3-5-9-17)20-13-12-19(16-23-20)24-18-10-6-1-2-7-11-18/h8,12-13,16,18,24H,1-7,9-11,14-15H2,(H,22,25). The summed E-state index contributed by atoms with van der Waals surface area (Å²) in [6.07, 6.45) is 17.9. The van der Waals surface area contributed by atoms with Crippen molar-refractivity contribution >= 4 is 11.6 Å². The molecule has 2 aliphatic rings. The number of hydrogen-bond acceptors (Lipinski definition) is 3. The van der Waals surface area contributed by atoms with Gasteiger partial charge >= 0.3 is 0 Å². The van der Waals surface area contributed by atoms with Gasteiger partial charge in [0.1, 0.15) is 5.69 Å². The molecule has 2 N–H and O–H groups in total. The summed E-state index contributed by atoms with van der Waals surface area (Å²) in [5.74, 6) is -0.0718. The van der Waals surface area contributed by atoms with Crippen LogP contribution < -0.4 is 10.6 Å². The highest BCUT2D eigenvalue weighted by molar-refractivity contribution is 5.92. The molecule has 4 nitrogen and oxygen atoms in total. The molecule has 0 spiro atoms. The van der Waals surface area contributed by atoms with Gasteiger partial charge in [-0.15, -0.1) is 0 Å². The molecule has 0 saturated heterocycles. The number of carbonyl (C=O) groups is 1. The fourth-order valence-electron chi connectivity index (χ4n) is 3.83. The van der Waals surface area contributed by atoms with Crippen LogP contribution >= 0.6 is 0 Å². The number of aromatic nitrogens is 1. The van der Waals surface area contributed by atoms with Gasteiger partial charge in [0.05, 0.1) is 11.9 Å². The monoisotopic (exact) mass is 341 g/mol. The lowest BCUT2D eigenvalue weighted by Crippen LogP contribution is -2.26. The molecule has 0 aromatic carbocycles. The van der Waals surface area contributed by atoms with Crippen molar-refractivity contribution < 1.29 is 4.79 Å². The van der Waals surface area contributed by atoms with E-state index >= 15 is 0 Å². The molecular formula is C21H31N3O. The Morgan fingerprint density at radius 3 is 2.60 bits per heavy atom. The van der Waals surface area contributed by atoms with Crippen LogP contribution in [0.2, 0.25) is 0 Å². The summed E-state index contributed by atoms with van der Waals surface area (Å²) in [6, 6.07) is 4.36. The number of hydrogen-bond donors (Lipinski definition) is 2. The summed E-state index contributed by atoms with van der Waals surface area (Å²) >= 11 is 0. The van der Waals surface area contributed by atoms with Crippen molar-refractivity contribution in [3.63, 3.8) is 0 Å². The van der Waals surface area contributed by atoms with E-state index < -0.39 is 0 Å². The Morgan fingerprint density at radius 1 is 1.08 bits per heavy atom. The van der Waals surface area contributed by atoms with E-state index in [1.54, 1.807) is 6.20 Å². The number of amides is 1. The number of anilines is 1. The molecule has 0 aliphatic heterocycles. The largest absolute Gasteiger partial charge is 0.381 e. The van der Waals surface area contributed by atoms with Gasteiger partial charge in [0, 0.05) is 12.6 Å². The van der Waals surface area contributed by atoms with E-state index in [9.17, 15) is 4.79 Å². The Morgan fingerprint density at radius 2 is 1.92 bits per heavy atom. The van der Waals surface area contributed by atoms with Crippen molar-refractivity contribution in [2.45, 2.75) is 76.7 Å². The minimum absolute atomic E-state index is 0.0718. The van der Waals surface area contributed by atoms with Crippen molar-refractivity contribution in [3.8, 4) is 0 Å². The summed E-state index contributed by atoms with van der Waals surface area (Å²) in [5, 5.41) is 6.56. The maximum Gasteiger partial charge on any atom is 0.269 e. The van der Waals surface area contributed by atoms with Crippen molar-refractivity contribution in [3.05, 3.63) is 35.7 Å². The smallest absolute Gasteiger partial charge is 0.269 e.